The molecular formula is C24H22O4. The maximum Gasteiger partial charge on any atom is 0.340 e. The smallest absolute Gasteiger partial charge is 0.340 e. The maximum absolute atomic E-state index is 13.1. The summed E-state index contributed by atoms with van der Waals surface area (Å²) in [5.74, 6) is -0.0795. The lowest BCUT2D eigenvalue weighted by atomic mass is 9.75. The topological polar surface area (TPSA) is 66.8 Å². The number of carbonyl (C=O) groups is 1. The average molecular weight is 374 g/mol. The molecule has 4 nitrogen and oxygen atoms in total. The SMILES string of the molecule is Cc1c(C)c(C)c2c(c1C)C(=O)OC2(c1ccc(O)cc1)c1ccc(O)cc1. The molecule has 3 aromatic carbocycles. The predicted molar refractivity (Wildman–Crippen MR) is 107 cm³/mol. The number of benzene rings is 3. The summed E-state index contributed by atoms with van der Waals surface area (Å²) in [5.41, 5.74) is 5.91. The van der Waals surface area contributed by atoms with Gasteiger partial charge in [0.05, 0.1) is 5.56 Å². The molecule has 2 N–H and O–H groups in total. The van der Waals surface area contributed by atoms with Gasteiger partial charge in [0.25, 0.3) is 0 Å². The van der Waals surface area contributed by atoms with Crippen LogP contribution in [-0.4, -0.2) is 16.2 Å². The fourth-order valence-corrected chi connectivity index (χ4v) is 4.21. The van der Waals surface area contributed by atoms with Crippen molar-refractivity contribution in [2.24, 2.45) is 0 Å². The van der Waals surface area contributed by atoms with E-state index in [1.165, 1.54) is 0 Å². The van der Waals surface area contributed by atoms with Gasteiger partial charge in [-0.3, -0.25) is 0 Å². The zero-order chi connectivity index (χ0) is 20.2. The number of fused-ring (bicyclic) bond motifs is 1. The van der Waals surface area contributed by atoms with Gasteiger partial charge in [0, 0.05) is 16.7 Å². The minimum atomic E-state index is -1.14. The van der Waals surface area contributed by atoms with Crippen molar-refractivity contribution in [2.75, 3.05) is 0 Å². The van der Waals surface area contributed by atoms with Gasteiger partial charge in [-0.2, -0.15) is 0 Å². The summed E-state index contributed by atoms with van der Waals surface area (Å²) in [6, 6.07) is 13.4. The Labute approximate surface area is 164 Å². The van der Waals surface area contributed by atoms with Gasteiger partial charge in [-0.25, -0.2) is 4.79 Å². The standard InChI is InChI=1S/C24H22O4/c1-13-14(2)16(4)22-21(15(13)3)23(27)28-24(22,17-5-9-19(25)10-6-17)18-7-11-20(26)12-8-18/h5-12,25-26H,1-4H3. The molecule has 0 saturated heterocycles. The second-order valence-electron chi connectivity index (χ2n) is 7.41. The van der Waals surface area contributed by atoms with Crippen molar-refractivity contribution in [2.45, 2.75) is 33.3 Å². The van der Waals surface area contributed by atoms with Crippen LogP contribution in [0.4, 0.5) is 0 Å². The molecular weight excluding hydrogens is 352 g/mol. The van der Waals surface area contributed by atoms with Crippen LogP contribution in [0.2, 0.25) is 0 Å². The predicted octanol–water partition coefficient (Wildman–Crippen LogP) is 4.79. The molecule has 0 aromatic heterocycles. The highest BCUT2D eigenvalue weighted by atomic mass is 16.6. The number of carbonyl (C=O) groups excluding carboxylic acids is 1. The number of esters is 1. The lowest BCUT2D eigenvalue weighted by molar-refractivity contribution is 0.0250. The highest BCUT2D eigenvalue weighted by molar-refractivity contribution is 5.99. The van der Waals surface area contributed by atoms with Crippen LogP contribution in [0.25, 0.3) is 0 Å². The molecule has 1 heterocycles. The zero-order valence-corrected chi connectivity index (χ0v) is 16.3. The molecule has 28 heavy (non-hydrogen) atoms. The van der Waals surface area contributed by atoms with Crippen LogP contribution < -0.4 is 0 Å². The van der Waals surface area contributed by atoms with E-state index in [-0.39, 0.29) is 17.5 Å². The van der Waals surface area contributed by atoms with Gasteiger partial charge in [0.15, 0.2) is 5.60 Å². The van der Waals surface area contributed by atoms with Gasteiger partial charge < -0.3 is 14.9 Å². The minimum absolute atomic E-state index is 0.141. The molecule has 1 aliphatic heterocycles. The van der Waals surface area contributed by atoms with E-state index >= 15 is 0 Å². The van der Waals surface area contributed by atoms with Gasteiger partial charge in [-0.1, -0.05) is 24.3 Å². The Balaban J connectivity index is 2.15. The maximum atomic E-state index is 13.1. The fraction of sp³-hybridized carbons (Fsp3) is 0.208. The Morgan fingerprint density at radius 3 is 1.57 bits per heavy atom. The largest absolute Gasteiger partial charge is 0.508 e. The number of hydrogen-bond donors (Lipinski definition) is 2. The van der Waals surface area contributed by atoms with Crippen LogP contribution in [0.15, 0.2) is 48.5 Å². The monoisotopic (exact) mass is 374 g/mol. The van der Waals surface area contributed by atoms with Crippen molar-refractivity contribution in [1.82, 2.24) is 0 Å². The normalized spacial score (nSPS) is 14.6. The highest BCUT2D eigenvalue weighted by Gasteiger charge is 2.50. The molecule has 0 unspecified atom stereocenters. The van der Waals surface area contributed by atoms with Crippen LogP contribution in [-0.2, 0) is 10.3 Å². The van der Waals surface area contributed by atoms with E-state index in [1.54, 1.807) is 48.5 Å². The third-order valence-electron chi connectivity index (χ3n) is 6.04. The lowest BCUT2D eigenvalue weighted by Crippen LogP contribution is -2.30. The number of hydrogen-bond acceptors (Lipinski definition) is 4. The Kier molecular flexibility index (Phi) is 3.96. The average Bonchev–Trinajstić information content (AvgIpc) is 3.00. The molecule has 4 rings (SSSR count). The molecule has 0 aliphatic carbocycles. The summed E-state index contributed by atoms with van der Waals surface area (Å²) in [6.07, 6.45) is 0. The van der Waals surface area contributed by atoms with Gasteiger partial charge in [-0.15, -0.1) is 0 Å². The van der Waals surface area contributed by atoms with Crippen LogP contribution in [0.5, 0.6) is 11.5 Å². The van der Waals surface area contributed by atoms with Gasteiger partial charge in [-0.05, 0) is 74.2 Å². The molecule has 3 aromatic rings. The quantitative estimate of drug-likeness (QED) is 0.633. The van der Waals surface area contributed by atoms with Crippen molar-refractivity contribution in [3.05, 3.63) is 93.0 Å². The van der Waals surface area contributed by atoms with Gasteiger partial charge in [0.1, 0.15) is 11.5 Å². The number of phenolic OH excluding ortho intramolecular Hbond substituents is 2. The molecule has 4 heteroatoms. The first-order valence-electron chi connectivity index (χ1n) is 9.20. The van der Waals surface area contributed by atoms with Crippen molar-refractivity contribution in [1.29, 1.82) is 0 Å². The zero-order valence-electron chi connectivity index (χ0n) is 16.3. The summed E-state index contributed by atoms with van der Waals surface area (Å²) >= 11 is 0. The Bertz CT molecular complexity index is 1050. The molecule has 0 atom stereocenters. The van der Waals surface area contributed by atoms with E-state index in [1.807, 2.05) is 20.8 Å². The third kappa shape index (κ3) is 2.34. The third-order valence-corrected chi connectivity index (χ3v) is 6.04. The van der Waals surface area contributed by atoms with E-state index < -0.39 is 5.60 Å². The van der Waals surface area contributed by atoms with E-state index in [0.29, 0.717) is 5.56 Å². The molecule has 142 valence electrons. The van der Waals surface area contributed by atoms with Gasteiger partial charge in [0.2, 0.25) is 0 Å². The number of ether oxygens (including phenoxy) is 1. The second-order valence-corrected chi connectivity index (χ2v) is 7.41. The van der Waals surface area contributed by atoms with E-state index in [4.69, 9.17) is 4.74 Å². The minimum Gasteiger partial charge on any atom is -0.508 e. The molecule has 0 spiro atoms. The van der Waals surface area contributed by atoms with Crippen LogP contribution in [0.1, 0.15) is 49.3 Å². The molecule has 0 saturated carbocycles. The summed E-state index contributed by atoms with van der Waals surface area (Å²) in [7, 11) is 0. The van der Waals surface area contributed by atoms with Crippen molar-refractivity contribution >= 4 is 5.97 Å². The number of cyclic esters (lactones) is 1. The Hall–Kier alpha value is -3.27. The van der Waals surface area contributed by atoms with Crippen LogP contribution >= 0.6 is 0 Å². The van der Waals surface area contributed by atoms with E-state index in [0.717, 1.165) is 38.9 Å². The van der Waals surface area contributed by atoms with E-state index in [9.17, 15) is 15.0 Å². The summed E-state index contributed by atoms with van der Waals surface area (Å²) in [5, 5.41) is 19.6. The van der Waals surface area contributed by atoms with Crippen LogP contribution in [0, 0.1) is 27.7 Å². The Morgan fingerprint density at radius 2 is 1.11 bits per heavy atom. The molecule has 0 amide bonds. The highest BCUT2D eigenvalue weighted by Crippen LogP contribution is 2.50. The number of rotatable bonds is 2. The van der Waals surface area contributed by atoms with E-state index in [2.05, 4.69) is 6.92 Å². The van der Waals surface area contributed by atoms with Crippen molar-refractivity contribution < 1.29 is 19.7 Å². The van der Waals surface area contributed by atoms with Crippen LogP contribution in [0.3, 0.4) is 0 Å². The van der Waals surface area contributed by atoms with Gasteiger partial charge >= 0.3 is 5.97 Å². The first-order chi connectivity index (χ1) is 13.3. The second kappa shape index (κ2) is 6.13. The Morgan fingerprint density at radius 1 is 0.679 bits per heavy atom. The molecule has 0 radical (unpaired) electrons. The molecule has 1 aliphatic rings. The fourth-order valence-electron chi connectivity index (χ4n) is 4.21. The van der Waals surface area contributed by atoms with Crippen molar-refractivity contribution in [3.8, 4) is 11.5 Å². The molecule has 0 fully saturated rings. The number of phenols is 2. The molecule has 0 bridgehead atoms. The first-order valence-corrected chi connectivity index (χ1v) is 9.20. The van der Waals surface area contributed by atoms with Crippen molar-refractivity contribution in [3.63, 3.8) is 0 Å². The summed E-state index contributed by atoms with van der Waals surface area (Å²) in [6.45, 7) is 8.04. The summed E-state index contributed by atoms with van der Waals surface area (Å²) < 4.78 is 6.14. The summed E-state index contributed by atoms with van der Waals surface area (Å²) in [4.78, 5) is 13.1. The number of aromatic hydroxyl groups is 2. The first kappa shape index (κ1) is 18.1. The lowest BCUT2D eigenvalue weighted by Gasteiger charge is -2.32.